The second-order valence-electron chi connectivity index (χ2n) is 3.68. The van der Waals surface area contributed by atoms with E-state index in [-0.39, 0.29) is 11.9 Å². The van der Waals surface area contributed by atoms with Crippen molar-refractivity contribution in [3.05, 3.63) is 46.0 Å². The highest BCUT2D eigenvalue weighted by atomic mass is 32.1. The minimum atomic E-state index is -0.217. The van der Waals surface area contributed by atoms with Crippen LogP contribution in [-0.2, 0) is 6.54 Å². The van der Waals surface area contributed by atoms with Crippen LogP contribution in [0.25, 0.3) is 0 Å². The molecule has 5 heteroatoms. The Kier molecular flexibility index (Phi) is 3.61. The number of carbonyl (C=O) groups excluding carboxylic acids is 1. The molecule has 90 valence electrons. The first-order valence-corrected chi connectivity index (χ1v) is 6.21. The maximum Gasteiger partial charge on any atom is 0.287 e. The number of thiophene rings is 1. The summed E-state index contributed by atoms with van der Waals surface area (Å²) in [5.41, 5.74) is 5.42. The molecule has 0 aliphatic carbocycles. The number of hydrogen-bond acceptors (Lipinski definition) is 4. The van der Waals surface area contributed by atoms with Gasteiger partial charge in [0.25, 0.3) is 5.91 Å². The van der Waals surface area contributed by atoms with E-state index in [9.17, 15) is 4.79 Å². The second-order valence-corrected chi connectivity index (χ2v) is 4.66. The lowest BCUT2D eigenvalue weighted by Gasteiger charge is -2.10. The van der Waals surface area contributed by atoms with E-state index in [1.165, 1.54) is 0 Å². The Morgan fingerprint density at radius 3 is 2.94 bits per heavy atom. The van der Waals surface area contributed by atoms with Crippen molar-refractivity contribution in [2.24, 2.45) is 5.73 Å². The molecule has 2 heterocycles. The summed E-state index contributed by atoms with van der Waals surface area (Å²) in [6, 6.07) is 7.28. The molecule has 4 nitrogen and oxygen atoms in total. The quantitative estimate of drug-likeness (QED) is 0.874. The van der Waals surface area contributed by atoms with Crippen molar-refractivity contribution in [2.75, 3.05) is 0 Å². The Morgan fingerprint density at radius 2 is 2.35 bits per heavy atom. The zero-order valence-electron chi connectivity index (χ0n) is 9.47. The first-order chi connectivity index (χ1) is 8.20. The Labute approximate surface area is 103 Å². The highest BCUT2D eigenvalue weighted by Crippen LogP contribution is 2.18. The molecule has 0 unspecified atom stereocenters. The summed E-state index contributed by atoms with van der Waals surface area (Å²) < 4.78 is 5.28. The minimum absolute atomic E-state index is 0.0195. The normalized spacial score (nSPS) is 12.4. The van der Waals surface area contributed by atoms with E-state index in [1.54, 1.807) is 23.5 Å². The fourth-order valence-electron chi connectivity index (χ4n) is 1.49. The third kappa shape index (κ3) is 2.75. The van der Waals surface area contributed by atoms with Crippen molar-refractivity contribution in [3.63, 3.8) is 0 Å². The largest absolute Gasteiger partial charge is 0.455 e. The van der Waals surface area contributed by atoms with E-state index in [2.05, 4.69) is 5.32 Å². The van der Waals surface area contributed by atoms with Crippen LogP contribution in [0, 0.1) is 0 Å². The van der Waals surface area contributed by atoms with Gasteiger partial charge < -0.3 is 15.5 Å². The summed E-state index contributed by atoms with van der Waals surface area (Å²) in [4.78, 5) is 13.0. The van der Waals surface area contributed by atoms with E-state index >= 15 is 0 Å². The molecule has 1 atom stereocenters. The molecule has 0 aromatic carbocycles. The smallest absolute Gasteiger partial charge is 0.287 e. The van der Waals surface area contributed by atoms with Crippen molar-refractivity contribution in [1.82, 2.24) is 5.32 Å². The molecule has 0 radical (unpaired) electrons. The monoisotopic (exact) mass is 250 g/mol. The van der Waals surface area contributed by atoms with Crippen molar-refractivity contribution >= 4 is 17.2 Å². The van der Waals surface area contributed by atoms with Crippen LogP contribution in [0.1, 0.15) is 34.2 Å². The van der Waals surface area contributed by atoms with E-state index in [0.717, 1.165) is 4.88 Å². The zero-order chi connectivity index (χ0) is 12.3. The lowest BCUT2D eigenvalue weighted by molar-refractivity contribution is 0.0910. The number of carbonyl (C=O) groups is 1. The van der Waals surface area contributed by atoms with Crippen molar-refractivity contribution in [1.29, 1.82) is 0 Å². The first kappa shape index (κ1) is 11.9. The van der Waals surface area contributed by atoms with Crippen molar-refractivity contribution in [2.45, 2.75) is 19.5 Å². The van der Waals surface area contributed by atoms with Crippen LogP contribution >= 0.6 is 11.3 Å². The number of furan rings is 1. The summed E-state index contributed by atoms with van der Waals surface area (Å²) >= 11 is 1.61. The summed E-state index contributed by atoms with van der Waals surface area (Å²) in [6.45, 7) is 2.24. The van der Waals surface area contributed by atoms with Crippen LogP contribution in [-0.4, -0.2) is 5.91 Å². The van der Waals surface area contributed by atoms with E-state index < -0.39 is 0 Å². The Balaban J connectivity index is 2.01. The third-order valence-corrected chi connectivity index (χ3v) is 3.46. The number of nitrogens with one attached hydrogen (secondary N) is 1. The maximum atomic E-state index is 11.8. The predicted molar refractivity (Wildman–Crippen MR) is 66.8 cm³/mol. The third-order valence-electron chi connectivity index (χ3n) is 2.40. The Bertz CT molecular complexity index is 490. The average molecular weight is 250 g/mol. The lowest BCUT2D eigenvalue weighted by Crippen LogP contribution is -2.25. The first-order valence-electron chi connectivity index (χ1n) is 5.33. The summed E-state index contributed by atoms with van der Waals surface area (Å²) in [7, 11) is 0. The zero-order valence-corrected chi connectivity index (χ0v) is 10.3. The molecule has 0 bridgehead atoms. The SMILES string of the molecule is C[C@H](NC(=O)c1ccc(CN)o1)c1cccs1. The molecule has 2 aromatic rings. The molecule has 0 aliphatic heterocycles. The van der Waals surface area contributed by atoms with Gasteiger partial charge in [0, 0.05) is 4.88 Å². The van der Waals surface area contributed by atoms with Crippen LogP contribution < -0.4 is 11.1 Å². The van der Waals surface area contributed by atoms with Gasteiger partial charge in [-0.1, -0.05) is 6.07 Å². The fourth-order valence-corrected chi connectivity index (χ4v) is 2.22. The van der Waals surface area contributed by atoms with Gasteiger partial charge in [-0.05, 0) is 30.5 Å². The molecule has 0 spiro atoms. The summed E-state index contributed by atoms with van der Waals surface area (Å²) in [5.74, 6) is 0.693. The molecule has 3 N–H and O–H groups in total. The van der Waals surface area contributed by atoms with Crippen LogP contribution in [0.5, 0.6) is 0 Å². The maximum absolute atomic E-state index is 11.8. The number of hydrogen-bond donors (Lipinski definition) is 2. The summed E-state index contributed by atoms with van der Waals surface area (Å²) in [6.07, 6.45) is 0. The van der Waals surface area contributed by atoms with Crippen LogP contribution in [0.4, 0.5) is 0 Å². The predicted octanol–water partition coefficient (Wildman–Crippen LogP) is 2.29. The molecule has 0 aliphatic rings. The van der Waals surface area contributed by atoms with Crippen LogP contribution in [0.2, 0.25) is 0 Å². The van der Waals surface area contributed by atoms with Gasteiger partial charge in [0.2, 0.25) is 0 Å². The van der Waals surface area contributed by atoms with Crippen LogP contribution in [0.3, 0.4) is 0 Å². The molecular formula is C12H14N2O2S. The van der Waals surface area contributed by atoms with Crippen molar-refractivity contribution in [3.8, 4) is 0 Å². The lowest BCUT2D eigenvalue weighted by atomic mass is 10.2. The number of rotatable bonds is 4. The molecule has 0 fully saturated rings. The summed E-state index contributed by atoms with van der Waals surface area (Å²) in [5, 5.41) is 4.86. The van der Waals surface area contributed by atoms with Gasteiger partial charge in [0.05, 0.1) is 12.6 Å². The van der Waals surface area contributed by atoms with Crippen molar-refractivity contribution < 1.29 is 9.21 Å². The molecule has 0 saturated carbocycles. The van der Waals surface area contributed by atoms with Gasteiger partial charge in [-0.3, -0.25) is 4.79 Å². The average Bonchev–Trinajstić information content (AvgIpc) is 3.00. The van der Waals surface area contributed by atoms with Crippen LogP contribution in [0.15, 0.2) is 34.1 Å². The van der Waals surface area contributed by atoms with Gasteiger partial charge in [0.15, 0.2) is 5.76 Å². The van der Waals surface area contributed by atoms with Gasteiger partial charge in [-0.2, -0.15) is 0 Å². The highest BCUT2D eigenvalue weighted by Gasteiger charge is 2.14. The standard InChI is InChI=1S/C12H14N2O2S/c1-8(11-3-2-6-17-11)14-12(15)10-5-4-9(7-13)16-10/h2-6,8H,7,13H2,1H3,(H,14,15)/t8-/m0/s1. The van der Waals surface area contributed by atoms with E-state index in [0.29, 0.717) is 18.1 Å². The van der Waals surface area contributed by atoms with Gasteiger partial charge in [-0.25, -0.2) is 0 Å². The molecule has 2 aromatic heterocycles. The molecule has 2 rings (SSSR count). The number of nitrogens with two attached hydrogens (primary N) is 1. The number of amides is 1. The highest BCUT2D eigenvalue weighted by molar-refractivity contribution is 7.10. The van der Waals surface area contributed by atoms with E-state index in [4.69, 9.17) is 10.2 Å². The molecule has 1 amide bonds. The van der Waals surface area contributed by atoms with Gasteiger partial charge in [0.1, 0.15) is 5.76 Å². The Morgan fingerprint density at radius 1 is 1.53 bits per heavy atom. The van der Waals surface area contributed by atoms with E-state index in [1.807, 2.05) is 24.4 Å². The second kappa shape index (κ2) is 5.16. The topological polar surface area (TPSA) is 68.3 Å². The fraction of sp³-hybridized carbons (Fsp3) is 0.250. The molecule has 17 heavy (non-hydrogen) atoms. The Hall–Kier alpha value is -1.59. The molecule has 0 saturated heterocycles. The molecular weight excluding hydrogens is 236 g/mol. The van der Waals surface area contributed by atoms with Gasteiger partial charge in [-0.15, -0.1) is 11.3 Å². The minimum Gasteiger partial charge on any atom is -0.455 e. The van der Waals surface area contributed by atoms with Gasteiger partial charge >= 0.3 is 0 Å².